The van der Waals surface area contributed by atoms with Gasteiger partial charge in [0.1, 0.15) is 24.5 Å². The van der Waals surface area contributed by atoms with E-state index in [4.69, 9.17) is 11.6 Å². The molecule has 0 fully saturated rings. The summed E-state index contributed by atoms with van der Waals surface area (Å²) in [6.45, 7) is -1.36. The molecule has 0 spiro atoms. The van der Waals surface area contributed by atoms with Crippen LogP contribution in [0.1, 0.15) is 0 Å². The minimum atomic E-state index is -4.56. The number of alkyl halides is 3. The maximum Gasteiger partial charge on any atom is 0.406 e. The van der Waals surface area contributed by atoms with Gasteiger partial charge >= 0.3 is 6.18 Å². The summed E-state index contributed by atoms with van der Waals surface area (Å²) < 4.78 is 56.0. The van der Waals surface area contributed by atoms with Crippen LogP contribution in [0.3, 0.4) is 0 Å². The average molecular weight is 522 g/mol. The van der Waals surface area contributed by atoms with Crippen LogP contribution in [0.2, 0.25) is 5.02 Å². The number of aromatic nitrogens is 4. The molecule has 28 heavy (non-hydrogen) atoms. The molecule has 0 aliphatic heterocycles. The third-order valence-electron chi connectivity index (χ3n) is 3.95. The highest BCUT2D eigenvalue weighted by atomic mass is 127. The molecule has 0 aliphatic rings. The van der Waals surface area contributed by atoms with E-state index in [0.29, 0.717) is 19.5 Å². The maximum atomic E-state index is 13.9. The van der Waals surface area contributed by atoms with Gasteiger partial charge in [-0.05, 0) is 59.0 Å². The normalized spacial score (nSPS) is 12.1. The minimum Gasteiger partial charge on any atom is -0.316 e. The van der Waals surface area contributed by atoms with Gasteiger partial charge in [0.15, 0.2) is 0 Å². The molecule has 0 saturated carbocycles. The van der Waals surface area contributed by atoms with E-state index >= 15 is 0 Å². The SMILES string of the molecule is Fc1cc(I)cc(N(CC(F)(F)F)c2nc3nncn3c3cc(Cl)ccc23)c1. The lowest BCUT2D eigenvalue weighted by atomic mass is 10.2. The first-order valence-electron chi connectivity index (χ1n) is 7.81. The second-order valence-corrected chi connectivity index (χ2v) is 7.61. The molecule has 2 aromatic heterocycles. The van der Waals surface area contributed by atoms with Gasteiger partial charge in [0, 0.05) is 19.7 Å². The number of fused-ring (bicyclic) bond motifs is 3. The van der Waals surface area contributed by atoms with Crippen molar-refractivity contribution in [2.45, 2.75) is 6.18 Å². The number of halogens is 6. The molecule has 2 aromatic carbocycles. The summed E-state index contributed by atoms with van der Waals surface area (Å²) in [5, 5.41) is 8.38. The summed E-state index contributed by atoms with van der Waals surface area (Å²) in [6, 6.07) is 8.40. The molecule has 0 radical (unpaired) electrons. The molecule has 0 amide bonds. The molecule has 0 bridgehead atoms. The van der Waals surface area contributed by atoms with Crippen molar-refractivity contribution in [3.63, 3.8) is 0 Å². The Morgan fingerprint density at radius 2 is 1.93 bits per heavy atom. The van der Waals surface area contributed by atoms with Crippen molar-refractivity contribution < 1.29 is 17.6 Å². The number of nitrogens with zero attached hydrogens (tertiary/aromatic N) is 5. The lowest BCUT2D eigenvalue weighted by Gasteiger charge is -2.26. The van der Waals surface area contributed by atoms with Crippen LogP contribution in [0, 0.1) is 9.39 Å². The van der Waals surface area contributed by atoms with E-state index in [1.807, 2.05) is 22.6 Å². The van der Waals surface area contributed by atoms with E-state index in [-0.39, 0.29) is 17.3 Å². The number of hydrogen-bond donors (Lipinski definition) is 0. The molecule has 144 valence electrons. The molecule has 4 rings (SSSR count). The number of anilines is 2. The molecule has 0 saturated heterocycles. The van der Waals surface area contributed by atoms with Crippen LogP contribution in [0.25, 0.3) is 16.7 Å². The van der Waals surface area contributed by atoms with Crippen LogP contribution < -0.4 is 4.90 Å². The fraction of sp³-hybridized carbons (Fsp3) is 0.118. The Morgan fingerprint density at radius 1 is 1.14 bits per heavy atom. The standard InChI is InChI=1S/C17H9ClF4IN5/c18-9-1-2-13-14(3-9)28-8-24-26-16(28)25-15(13)27(7-17(20,21)22)12-5-10(19)4-11(23)6-12/h1-6,8H,7H2. The molecular weight excluding hydrogens is 513 g/mol. The van der Waals surface area contributed by atoms with Crippen LogP contribution in [0.15, 0.2) is 42.7 Å². The maximum absolute atomic E-state index is 13.9. The molecule has 0 atom stereocenters. The fourth-order valence-corrected chi connectivity index (χ4v) is 3.67. The molecule has 5 nitrogen and oxygen atoms in total. The Morgan fingerprint density at radius 3 is 2.64 bits per heavy atom. The predicted molar refractivity (Wildman–Crippen MR) is 105 cm³/mol. The van der Waals surface area contributed by atoms with Gasteiger partial charge in [-0.15, -0.1) is 10.2 Å². The highest BCUT2D eigenvalue weighted by molar-refractivity contribution is 14.1. The molecule has 11 heteroatoms. The first kappa shape index (κ1) is 19.1. The molecule has 0 unspecified atom stereocenters. The van der Waals surface area contributed by atoms with Crippen molar-refractivity contribution in [1.82, 2.24) is 19.6 Å². The molecule has 0 N–H and O–H groups in total. The lowest BCUT2D eigenvalue weighted by Crippen LogP contribution is -2.31. The van der Waals surface area contributed by atoms with Crippen molar-refractivity contribution in [3.05, 3.63) is 57.1 Å². The van der Waals surface area contributed by atoms with Gasteiger partial charge in [-0.1, -0.05) is 11.6 Å². The Hall–Kier alpha value is -2.21. The summed E-state index contributed by atoms with van der Waals surface area (Å²) in [4.78, 5) is 5.17. The smallest absolute Gasteiger partial charge is 0.316 e. The monoisotopic (exact) mass is 521 g/mol. The first-order chi connectivity index (χ1) is 13.2. The second-order valence-electron chi connectivity index (χ2n) is 5.93. The van der Waals surface area contributed by atoms with Crippen molar-refractivity contribution in [2.75, 3.05) is 11.4 Å². The zero-order chi connectivity index (χ0) is 20.1. The van der Waals surface area contributed by atoms with Crippen LogP contribution in [-0.2, 0) is 0 Å². The van der Waals surface area contributed by atoms with E-state index in [1.54, 1.807) is 18.2 Å². The van der Waals surface area contributed by atoms with Gasteiger partial charge in [0.05, 0.1) is 5.52 Å². The van der Waals surface area contributed by atoms with Crippen molar-refractivity contribution >= 4 is 62.4 Å². The molecular formula is C17H9ClF4IN5. The van der Waals surface area contributed by atoms with Crippen LogP contribution in [0.5, 0.6) is 0 Å². The summed E-state index contributed by atoms with van der Waals surface area (Å²) in [5.41, 5.74) is 0.505. The van der Waals surface area contributed by atoms with Crippen LogP contribution in [-0.4, -0.2) is 32.3 Å². The Bertz CT molecular complexity index is 1170. The van der Waals surface area contributed by atoms with E-state index in [2.05, 4.69) is 15.2 Å². The number of benzene rings is 2. The Labute approximate surface area is 174 Å². The van der Waals surface area contributed by atoms with E-state index in [9.17, 15) is 17.6 Å². The van der Waals surface area contributed by atoms with Gasteiger partial charge in [-0.3, -0.25) is 4.40 Å². The number of hydrogen-bond acceptors (Lipinski definition) is 4. The molecule has 4 aromatic rings. The third kappa shape index (κ3) is 3.70. The summed E-state index contributed by atoms with van der Waals surface area (Å²) in [5.74, 6) is -0.570. The van der Waals surface area contributed by atoms with E-state index in [0.717, 1.165) is 11.0 Å². The number of rotatable bonds is 3. The van der Waals surface area contributed by atoms with Gasteiger partial charge in [0.2, 0.25) is 0 Å². The Kier molecular flexibility index (Phi) is 4.78. The third-order valence-corrected chi connectivity index (χ3v) is 4.81. The zero-order valence-corrected chi connectivity index (χ0v) is 16.7. The molecule has 0 aliphatic carbocycles. The van der Waals surface area contributed by atoms with E-state index < -0.39 is 18.5 Å². The van der Waals surface area contributed by atoms with Crippen molar-refractivity contribution in [3.8, 4) is 0 Å². The first-order valence-corrected chi connectivity index (χ1v) is 9.26. The van der Waals surface area contributed by atoms with Gasteiger partial charge in [-0.2, -0.15) is 18.2 Å². The van der Waals surface area contributed by atoms with Gasteiger partial charge in [-0.25, -0.2) is 4.39 Å². The topological polar surface area (TPSA) is 46.3 Å². The lowest BCUT2D eigenvalue weighted by molar-refractivity contribution is -0.118. The summed E-state index contributed by atoms with van der Waals surface area (Å²) >= 11 is 7.91. The van der Waals surface area contributed by atoms with Crippen molar-refractivity contribution in [2.24, 2.45) is 0 Å². The van der Waals surface area contributed by atoms with Gasteiger partial charge in [0.25, 0.3) is 5.78 Å². The van der Waals surface area contributed by atoms with Crippen molar-refractivity contribution in [1.29, 1.82) is 0 Å². The zero-order valence-electron chi connectivity index (χ0n) is 13.8. The highest BCUT2D eigenvalue weighted by Gasteiger charge is 2.33. The largest absolute Gasteiger partial charge is 0.406 e. The van der Waals surface area contributed by atoms with Crippen LogP contribution in [0.4, 0.5) is 29.1 Å². The second kappa shape index (κ2) is 6.99. The highest BCUT2D eigenvalue weighted by Crippen LogP contribution is 2.35. The fourth-order valence-electron chi connectivity index (χ4n) is 2.89. The average Bonchev–Trinajstić information content (AvgIpc) is 3.06. The minimum absolute atomic E-state index is 0.0223. The summed E-state index contributed by atoms with van der Waals surface area (Å²) in [7, 11) is 0. The summed E-state index contributed by atoms with van der Waals surface area (Å²) in [6.07, 6.45) is -3.16. The van der Waals surface area contributed by atoms with Gasteiger partial charge < -0.3 is 4.90 Å². The Balaban J connectivity index is 2.03. The predicted octanol–water partition coefficient (Wildman–Crippen LogP) is 5.38. The molecule has 2 heterocycles. The van der Waals surface area contributed by atoms with Crippen LogP contribution >= 0.6 is 34.2 Å². The van der Waals surface area contributed by atoms with E-state index in [1.165, 1.54) is 22.9 Å². The quantitative estimate of drug-likeness (QED) is 0.269.